The lowest BCUT2D eigenvalue weighted by atomic mass is 10.1. The Morgan fingerprint density at radius 3 is 2.38 bits per heavy atom. The Bertz CT molecular complexity index is 1210. The van der Waals surface area contributed by atoms with E-state index in [0.29, 0.717) is 22.2 Å². The van der Waals surface area contributed by atoms with Crippen molar-refractivity contribution in [3.63, 3.8) is 0 Å². The van der Waals surface area contributed by atoms with Gasteiger partial charge >= 0.3 is 0 Å². The van der Waals surface area contributed by atoms with Gasteiger partial charge in [0.25, 0.3) is 0 Å². The van der Waals surface area contributed by atoms with E-state index in [-0.39, 0.29) is 6.54 Å². The number of anilines is 2. The molecule has 32 heavy (non-hydrogen) atoms. The van der Waals surface area contributed by atoms with Crippen molar-refractivity contribution in [2.24, 2.45) is 0 Å². The molecule has 0 radical (unpaired) electrons. The molecule has 3 aromatic rings. The van der Waals surface area contributed by atoms with Crippen molar-refractivity contribution < 1.29 is 13.2 Å². The Balaban J connectivity index is 1.76. The minimum atomic E-state index is -3.65. The fourth-order valence-electron chi connectivity index (χ4n) is 3.14. The molecular formula is C24H25ClN2O3S2. The van der Waals surface area contributed by atoms with E-state index in [1.54, 1.807) is 23.9 Å². The summed E-state index contributed by atoms with van der Waals surface area (Å²) in [6.45, 7) is 3.45. The monoisotopic (exact) mass is 488 g/mol. The Kier molecular flexibility index (Phi) is 7.87. The first-order valence-corrected chi connectivity index (χ1v) is 13.2. The zero-order valence-electron chi connectivity index (χ0n) is 18.1. The molecule has 168 valence electrons. The summed E-state index contributed by atoms with van der Waals surface area (Å²) >= 11 is 7.53. The van der Waals surface area contributed by atoms with E-state index in [0.717, 1.165) is 32.1 Å². The topological polar surface area (TPSA) is 66.5 Å². The number of hydrogen-bond acceptors (Lipinski definition) is 4. The lowest BCUT2D eigenvalue weighted by molar-refractivity contribution is -0.114. The van der Waals surface area contributed by atoms with Crippen LogP contribution in [0.2, 0.25) is 5.02 Å². The van der Waals surface area contributed by atoms with E-state index in [9.17, 15) is 13.2 Å². The highest BCUT2D eigenvalue weighted by atomic mass is 35.5. The number of thioether (sulfide) groups is 1. The molecule has 0 bridgehead atoms. The van der Waals surface area contributed by atoms with Crippen LogP contribution >= 0.6 is 23.4 Å². The van der Waals surface area contributed by atoms with Crippen molar-refractivity contribution in [2.75, 3.05) is 22.4 Å². The first-order valence-electron chi connectivity index (χ1n) is 9.95. The molecule has 5 nitrogen and oxygen atoms in total. The van der Waals surface area contributed by atoms with E-state index in [1.807, 2.05) is 68.4 Å². The molecule has 0 spiro atoms. The molecule has 3 rings (SSSR count). The third-order valence-electron chi connectivity index (χ3n) is 5.00. The molecular weight excluding hydrogens is 464 g/mol. The molecule has 1 amide bonds. The van der Waals surface area contributed by atoms with Gasteiger partial charge < -0.3 is 5.32 Å². The fraction of sp³-hybridized carbons (Fsp3) is 0.208. The van der Waals surface area contributed by atoms with Gasteiger partial charge in [0.2, 0.25) is 15.9 Å². The second kappa shape index (κ2) is 10.4. The van der Waals surface area contributed by atoms with Crippen molar-refractivity contribution in [2.45, 2.75) is 24.5 Å². The lowest BCUT2D eigenvalue weighted by Crippen LogP contribution is -2.38. The molecule has 1 N–H and O–H groups in total. The zero-order chi connectivity index (χ0) is 23.3. The highest BCUT2D eigenvalue weighted by Gasteiger charge is 2.23. The SMILES string of the molecule is Cc1cccc(N(CC(=O)Nc2ccccc2SCc2ccc(Cl)cc2)S(C)(=O)=O)c1C. The molecule has 0 atom stereocenters. The molecule has 0 fully saturated rings. The van der Waals surface area contributed by atoms with Gasteiger partial charge in [0.1, 0.15) is 6.54 Å². The summed E-state index contributed by atoms with van der Waals surface area (Å²) in [6.07, 6.45) is 1.11. The smallest absolute Gasteiger partial charge is 0.245 e. The van der Waals surface area contributed by atoms with Crippen LogP contribution in [0.4, 0.5) is 11.4 Å². The number of sulfonamides is 1. The minimum absolute atomic E-state index is 0.306. The number of halogens is 1. The number of nitrogens with one attached hydrogen (secondary N) is 1. The minimum Gasteiger partial charge on any atom is -0.323 e. The molecule has 0 saturated heterocycles. The van der Waals surface area contributed by atoms with Crippen LogP contribution in [0.1, 0.15) is 16.7 Å². The number of aryl methyl sites for hydroxylation is 1. The third kappa shape index (κ3) is 6.28. The van der Waals surface area contributed by atoms with Crippen LogP contribution in [0.25, 0.3) is 0 Å². The molecule has 0 aliphatic heterocycles. The summed E-state index contributed by atoms with van der Waals surface area (Å²) < 4.78 is 26.1. The summed E-state index contributed by atoms with van der Waals surface area (Å²) in [7, 11) is -3.65. The van der Waals surface area contributed by atoms with Gasteiger partial charge in [-0.3, -0.25) is 9.10 Å². The number of carbonyl (C=O) groups excluding carboxylic acids is 1. The predicted octanol–water partition coefficient (Wildman–Crippen LogP) is 5.65. The summed E-state index contributed by atoms with van der Waals surface area (Å²) in [5.74, 6) is 0.304. The number of nitrogens with zero attached hydrogens (tertiary/aromatic N) is 1. The summed E-state index contributed by atoms with van der Waals surface area (Å²) in [4.78, 5) is 13.8. The predicted molar refractivity (Wildman–Crippen MR) is 134 cm³/mol. The van der Waals surface area contributed by atoms with Gasteiger partial charge in [0, 0.05) is 15.7 Å². The van der Waals surface area contributed by atoms with Crippen LogP contribution in [0.5, 0.6) is 0 Å². The van der Waals surface area contributed by atoms with Crippen LogP contribution in [-0.2, 0) is 20.6 Å². The van der Waals surface area contributed by atoms with Crippen LogP contribution in [0, 0.1) is 13.8 Å². The largest absolute Gasteiger partial charge is 0.323 e. The number of para-hydroxylation sites is 1. The third-order valence-corrected chi connectivity index (χ3v) is 7.52. The molecule has 0 aliphatic carbocycles. The second-order valence-electron chi connectivity index (χ2n) is 7.45. The zero-order valence-corrected chi connectivity index (χ0v) is 20.5. The molecule has 0 aromatic heterocycles. The average Bonchev–Trinajstić information content (AvgIpc) is 2.74. The van der Waals surface area contributed by atoms with Gasteiger partial charge in [-0.1, -0.05) is 48.0 Å². The summed E-state index contributed by atoms with van der Waals surface area (Å²) in [5.41, 5.74) is 4.04. The molecule has 0 heterocycles. The molecule has 0 unspecified atom stereocenters. The normalized spacial score (nSPS) is 11.2. The Morgan fingerprint density at radius 1 is 1.00 bits per heavy atom. The highest BCUT2D eigenvalue weighted by molar-refractivity contribution is 7.98. The van der Waals surface area contributed by atoms with Gasteiger partial charge in [-0.25, -0.2) is 8.42 Å². The summed E-state index contributed by atoms with van der Waals surface area (Å²) in [5, 5.41) is 3.56. The standard InChI is InChI=1S/C24H25ClN2O3S2/c1-17-7-6-9-22(18(17)2)27(32(3,29)30)15-24(28)26-21-8-4-5-10-23(21)31-16-19-11-13-20(25)14-12-19/h4-14H,15-16H2,1-3H3,(H,26,28). The lowest BCUT2D eigenvalue weighted by Gasteiger charge is -2.24. The Labute approximate surface area is 198 Å². The highest BCUT2D eigenvalue weighted by Crippen LogP contribution is 2.30. The van der Waals surface area contributed by atoms with Crippen molar-refractivity contribution in [1.29, 1.82) is 0 Å². The fourth-order valence-corrected chi connectivity index (χ4v) is 5.14. The van der Waals surface area contributed by atoms with Crippen molar-refractivity contribution in [1.82, 2.24) is 0 Å². The van der Waals surface area contributed by atoms with E-state index in [2.05, 4.69) is 5.32 Å². The molecule has 8 heteroatoms. The molecule has 0 aliphatic rings. The van der Waals surface area contributed by atoms with Crippen molar-refractivity contribution in [3.05, 3.63) is 88.4 Å². The van der Waals surface area contributed by atoms with Crippen LogP contribution in [0.15, 0.2) is 71.6 Å². The molecule has 3 aromatic carbocycles. The first-order chi connectivity index (χ1) is 15.1. The maximum Gasteiger partial charge on any atom is 0.245 e. The maximum atomic E-state index is 12.9. The van der Waals surface area contributed by atoms with Gasteiger partial charge in [-0.05, 0) is 60.9 Å². The number of benzene rings is 3. The van der Waals surface area contributed by atoms with Gasteiger partial charge in [0.05, 0.1) is 17.6 Å². The number of carbonyl (C=O) groups is 1. The quantitative estimate of drug-likeness (QED) is 0.416. The van der Waals surface area contributed by atoms with Crippen molar-refractivity contribution in [3.8, 4) is 0 Å². The Hall–Kier alpha value is -2.48. The van der Waals surface area contributed by atoms with Crippen LogP contribution in [0.3, 0.4) is 0 Å². The maximum absolute atomic E-state index is 12.9. The van der Waals surface area contributed by atoms with Crippen LogP contribution < -0.4 is 9.62 Å². The van der Waals surface area contributed by atoms with Crippen LogP contribution in [-0.4, -0.2) is 27.1 Å². The number of amides is 1. The molecule has 0 saturated carbocycles. The Morgan fingerprint density at radius 2 is 1.69 bits per heavy atom. The van der Waals surface area contributed by atoms with Crippen molar-refractivity contribution >= 4 is 50.7 Å². The van der Waals surface area contributed by atoms with E-state index >= 15 is 0 Å². The van der Waals surface area contributed by atoms with Gasteiger partial charge in [-0.15, -0.1) is 11.8 Å². The van der Waals surface area contributed by atoms with Gasteiger partial charge in [-0.2, -0.15) is 0 Å². The van der Waals surface area contributed by atoms with E-state index in [1.165, 1.54) is 0 Å². The first kappa shape index (κ1) is 24.2. The summed E-state index contributed by atoms with van der Waals surface area (Å²) in [6, 6.07) is 20.5. The second-order valence-corrected chi connectivity index (χ2v) is 10.8. The average molecular weight is 489 g/mol. The number of hydrogen-bond donors (Lipinski definition) is 1. The van der Waals surface area contributed by atoms with E-state index < -0.39 is 15.9 Å². The van der Waals surface area contributed by atoms with E-state index in [4.69, 9.17) is 11.6 Å². The number of rotatable bonds is 8. The van der Waals surface area contributed by atoms with Gasteiger partial charge in [0.15, 0.2) is 0 Å².